The van der Waals surface area contributed by atoms with Gasteiger partial charge in [0.1, 0.15) is 9.84 Å². The van der Waals surface area contributed by atoms with Crippen LogP contribution >= 0.6 is 29.4 Å². The van der Waals surface area contributed by atoms with Gasteiger partial charge in [-0.1, -0.05) is 22.0 Å². The summed E-state index contributed by atoms with van der Waals surface area (Å²) in [5, 5.41) is 2.77. The molecule has 0 aliphatic carbocycles. The molecule has 108 valence electrons. The molecule has 1 N–H and O–H groups in total. The SMILES string of the molecule is C[C@@H](CCS(C)(=O)=O)NC(=O)c1cccc(Br)c1.S. The molecule has 0 bridgehead atoms. The van der Waals surface area contributed by atoms with Crippen molar-refractivity contribution in [2.75, 3.05) is 12.0 Å². The molecule has 0 fully saturated rings. The summed E-state index contributed by atoms with van der Waals surface area (Å²) in [4.78, 5) is 11.9. The minimum absolute atomic E-state index is 0. The van der Waals surface area contributed by atoms with Crippen molar-refractivity contribution in [3.8, 4) is 0 Å². The lowest BCUT2D eigenvalue weighted by Crippen LogP contribution is -2.33. The topological polar surface area (TPSA) is 63.2 Å². The largest absolute Gasteiger partial charge is 0.350 e. The van der Waals surface area contributed by atoms with Gasteiger partial charge in [-0.15, -0.1) is 0 Å². The van der Waals surface area contributed by atoms with E-state index in [0.29, 0.717) is 12.0 Å². The number of halogens is 1. The summed E-state index contributed by atoms with van der Waals surface area (Å²) >= 11 is 3.29. The Morgan fingerprint density at radius 1 is 1.42 bits per heavy atom. The number of carbonyl (C=O) groups is 1. The van der Waals surface area contributed by atoms with E-state index in [1.54, 1.807) is 25.1 Å². The van der Waals surface area contributed by atoms with Crippen molar-refractivity contribution >= 4 is 45.2 Å². The predicted molar refractivity (Wildman–Crippen MR) is 85.8 cm³/mol. The first-order chi connectivity index (χ1) is 8.28. The van der Waals surface area contributed by atoms with E-state index >= 15 is 0 Å². The van der Waals surface area contributed by atoms with Crippen molar-refractivity contribution < 1.29 is 13.2 Å². The van der Waals surface area contributed by atoms with Gasteiger partial charge in [0.25, 0.3) is 5.91 Å². The first-order valence-electron chi connectivity index (χ1n) is 5.52. The zero-order valence-corrected chi connectivity index (χ0v) is 14.2. The van der Waals surface area contributed by atoms with Crippen molar-refractivity contribution in [1.29, 1.82) is 0 Å². The van der Waals surface area contributed by atoms with Gasteiger partial charge in [0.15, 0.2) is 0 Å². The van der Waals surface area contributed by atoms with Crippen LogP contribution in [0.4, 0.5) is 0 Å². The molecule has 0 spiro atoms. The average molecular weight is 368 g/mol. The van der Waals surface area contributed by atoms with Crippen molar-refractivity contribution in [3.05, 3.63) is 34.3 Å². The summed E-state index contributed by atoms with van der Waals surface area (Å²) in [5.74, 6) is -0.121. The molecule has 0 aliphatic rings. The Labute approximate surface area is 129 Å². The predicted octanol–water partition coefficient (Wildman–Crippen LogP) is 2.11. The second kappa shape index (κ2) is 7.91. The molecule has 0 saturated carbocycles. The maximum atomic E-state index is 11.9. The lowest BCUT2D eigenvalue weighted by Gasteiger charge is -2.13. The van der Waals surface area contributed by atoms with Crippen LogP contribution in [0.2, 0.25) is 0 Å². The lowest BCUT2D eigenvalue weighted by atomic mass is 10.2. The van der Waals surface area contributed by atoms with Gasteiger partial charge >= 0.3 is 0 Å². The van der Waals surface area contributed by atoms with Crippen LogP contribution in [0.1, 0.15) is 23.7 Å². The second-order valence-corrected chi connectivity index (χ2v) is 7.48. The van der Waals surface area contributed by atoms with Crippen molar-refractivity contribution in [1.82, 2.24) is 5.32 Å². The van der Waals surface area contributed by atoms with Gasteiger partial charge in [-0.2, -0.15) is 13.5 Å². The van der Waals surface area contributed by atoms with Crippen molar-refractivity contribution in [2.24, 2.45) is 0 Å². The second-order valence-electron chi connectivity index (χ2n) is 4.30. The van der Waals surface area contributed by atoms with Crippen molar-refractivity contribution in [3.63, 3.8) is 0 Å². The van der Waals surface area contributed by atoms with Crippen molar-refractivity contribution in [2.45, 2.75) is 19.4 Å². The Balaban J connectivity index is 0.00000324. The third-order valence-corrected chi connectivity index (χ3v) is 3.86. The van der Waals surface area contributed by atoms with Crippen LogP contribution in [0.5, 0.6) is 0 Å². The van der Waals surface area contributed by atoms with Gasteiger partial charge in [0.05, 0.1) is 5.75 Å². The number of benzene rings is 1. The highest BCUT2D eigenvalue weighted by Crippen LogP contribution is 2.11. The molecule has 1 aromatic carbocycles. The summed E-state index contributed by atoms with van der Waals surface area (Å²) in [7, 11) is -2.99. The minimum atomic E-state index is -2.99. The number of hydrogen-bond acceptors (Lipinski definition) is 3. The van der Waals surface area contributed by atoms with E-state index in [0.717, 1.165) is 4.47 Å². The Morgan fingerprint density at radius 2 is 2.05 bits per heavy atom. The normalized spacial score (nSPS) is 12.4. The molecule has 0 heterocycles. The molecular weight excluding hydrogens is 350 g/mol. The molecule has 0 unspecified atom stereocenters. The fourth-order valence-corrected chi connectivity index (χ4v) is 2.58. The molecular formula is C12H18BrNO3S2. The highest BCUT2D eigenvalue weighted by atomic mass is 79.9. The molecule has 1 atom stereocenters. The number of amides is 1. The van der Waals surface area contributed by atoms with Crippen LogP contribution < -0.4 is 5.32 Å². The lowest BCUT2D eigenvalue weighted by molar-refractivity contribution is 0.0939. The maximum Gasteiger partial charge on any atom is 0.251 e. The number of sulfone groups is 1. The molecule has 19 heavy (non-hydrogen) atoms. The Bertz CT molecular complexity index is 532. The molecule has 0 aliphatic heterocycles. The van der Waals surface area contributed by atoms with Crippen LogP contribution in [0.25, 0.3) is 0 Å². The molecule has 1 amide bonds. The highest BCUT2D eigenvalue weighted by molar-refractivity contribution is 9.10. The fraction of sp³-hybridized carbons (Fsp3) is 0.417. The Hall–Kier alpha value is -0.530. The summed E-state index contributed by atoms with van der Waals surface area (Å²) in [5.41, 5.74) is 0.551. The van der Waals surface area contributed by atoms with E-state index in [9.17, 15) is 13.2 Å². The zero-order valence-electron chi connectivity index (χ0n) is 10.8. The quantitative estimate of drug-likeness (QED) is 0.866. The van der Waals surface area contributed by atoms with Gasteiger partial charge < -0.3 is 5.32 Å². The first-order valence-corrected chi connectivity index (χ1v) is 8.37. The number of nitrogens with one attached hydrogen (secondary N) is 1. The summed E-state index contributed by atoms with van der Waals surface area (Å²) < 4.78 is 22.9. The monoisotopic (exact) mass is 367 g/mol. The number of rotatable bonds is 5. The van der Waals surface area contributed by atoms with E-state index in [-0.39, 0.29) is 31.2 Å². The molecule has 7 heteroatoms. The first kappa shape index (κ1) is 18.5. The minimum Gasteiger partial charge on any atom is -0.350 e. The maximum absolute atomic E-state index is 11.9. The van der Waals surface area contributed by atoms with Gasteiger partial charge in [0.2, 0.25) is 0 Å². The number of hydrogen-bond donors (Lipinski definition) is 1. The van der Waals surface area contributed by atoms with E-state index in [4.69, 9.17) is 0 Å². The fourth-order valence-electron chi connectivity index (χ4n) is 1.40. The third kappa shape index (κ3) is 7.59. The Morgan fingerprint density at radius 3 is 2.58 bits per heavy atom. The molecule has 0 aromatic heterocycles. The van der Waals surface area contributed by atoms with Crippen LogP contribution in [-0.2, 0) is 9.84 Å². The van der Waals surface area contributed by atoms with Gasteiger partial charge in [-0.25, -0.2) is 8.42 Å². The van der Waals surface area contributed by atoms with Crippen LogP contribution in [0, 0.1) is 0 Å². The Kier molecular flexibility index (Phi) is 7.69. The number of carbonyl (C=O) groups excluding carboxylic acids is 1. The van der Waals surface area contributed by atoms with Crippen LogP contribution in [0.15, 0.2) is 28.7 Å². The molecule has 0 saturated heterocycles. The summed E-state index contributed by atoms with van der Waals surface area (Å²) in [6.45, 7) is 1.79. The van der Waals surface area contributed by atoms with Gasteiger partial charge in [-0.05, 0) is 31.5 Å². The van der Waals surface area contributed by atoms with E-state index in [2.05, 4.69) is 21.2 Å². The molecule has 0 radical (unpaired) electrons. The third-order valence-electron chi connectivity index (χ3n) is 2.39. The average Bonchev–Trinajstić information content (AvgIpc) is 2.25. The van der Waals surface area contributed by atoms with Crippen LogP contribution in [-0.4, -0.2) is 32.4 Å². The molecule has 1 aromatic rings. The van der Waals surface area contributed by atoms with E-state index in [1.807, 2.05) is 6.07 Å². The van der Waals surface area contributed by atoms with Gasteiger partial charge in [0, 0.05) is 22.3 Å². The standard InChI is InChI=1S/C12H16BrNO3S.H2S/c1-9(6-7-18(2,16)17)14-12(15)10-4-3-5-11(13)8-10;/h3-5,8-9H,6-7H2,1-2H3,(H,14,15);1H2/t9-;/m0./s1. The highest BCUT2D eigenvalue weighted by Gasteiger charge is 2.12. The molecule has 4 nitrogen and oxygen atoms in total. The molecule has 1 rings (SSSR count). The van der Waals surface area contributed by atoms with E-state index < -0.39 is 9.84 Å². The smallest absolute Gasteiger partial charge is 0.251 e. The van der Waals surface area contributed by atoms with Crippen LogP contribution in [0.3, 0.4) is 0 Å². The van der Waals surface area contributed by atoms with Gasteiger partial charge in [-0.3, -0.25) is 4.79 Å². The van der Waals surface area contributed by atoms with E-state index in [1.165, 1.54) is 6.26 Å². The summed E-state index contributed by atoms with van der Waals surface area (Å²) in [6.07, 6.45) is 1.61. The zero-order chi connectivity index (χ0) is 13.8. The summed E-state index contributed by atoms with van der Waals surface area (Å²) in [6, 6.07) is 6.87.